The Labute approximate surface area is 114 Å². The Morgan fingerprint density at radius 3 is 2.89 bits per heavy atom. The lowest BCUT2D eigenvalue weighted by Crippen LogP contribution is -2.37. The average Bonchev–Trinajstić information content (AvgIpc) is 2.37. The summed E-state index contributed by atoms with van der Waals surface area (Å²) in [7, 11) is 0. The number of aromatic hydroxyl groups is 1. The number of Topliss-reactive ketones (excluding diaryl/α,β-unsaturated/α-hetero) is 1. The van der Waals surface area contributed by atoms with Crippen molar-refractivity contribution in [3.05, 3.63) is 29.3 Å². The van der Waals surface area contributed by atoms with E-state index >= 15 is 0 Å². The number of aryl methyl sites for hydroxylation is 1. The van der Waals surface area contributed by atoms with Crippen molar-refractivity contribution in [3.8, 4) is 5.75 Å². The van der Waals surface area contributed by atoms with Crippen LogP contribution in [0.5, 0.6) is 5.75 Å². The zero-order valence-electron chi connectivity index (χ0n) is 11.8. The molecule has 1 saturated carbocycles. The number of hydrogen-bond acceptors (Lipinski definition) is 2. The molecule has 1 aromatic rings. The van der Waals surface area contributed by atoms with Crippen LogP contribution in [0.2, 0.25) is 0 Å². The van der Waals surface area contributed by atoms with E-state index in [1.807, 2.05) is 6.07 Å². The van der Waals surface area contributed by atoms with E-state index in [9.17, 15) is 9.90 Å². The van der Waals surface area contributed by atoms with Gasteiger partial charge in [-0.1, -0.05) is 13.0 Å². The number of hydrogen-bond donors (Lipinski definition) is 1. The van der Waals surface area contributed by atoms with Crippen LogP contribution >= 0.6 is 0 Å². The molecule has 1 fully saturated rings. The van der Waals surface area contributed by atoms with Crippen LogP contribution in [-0.4, -0.2) is 10.9 Å². The SMILES string of the molecule is CC(=O)[C@@]1(C)CCC2c3ccc(O)cc3CCC2C1. The van der Waals surface area contributed by atoms with Crippen LogP contribution in [-0.2, 0) is 11.2 Å². The number of rotatable bonds is 1. The van der Waals surface area contributed by atoms with Gasteiger partial charge in [0.1, 0.15) is 11.5 Å². The standard InChI is InChI=1S/C17H22O2/c1-11(18)17(2)8-7-16-13(10-17)4-3-12-9-14(19)5-6-15(12)16/h5-6,9,13,16,19H,3-4,7-8,10H2,1-2H3/t13?,16?,17-/m0/s1. The molecule has 102 valence electrons. The van der Waals surface area contributed by atoms with Gasteiger partial charge >= 0.3 is 0 Å². The Balaban J connectivity index is 1.89. The van der Waals surface area contributed by atoms with Gasteiger partial charge in [-0.25, -0.2) is 0 Å². The zero-order valence-corrected chi connectivity index (χ0v) is 11.8. The Bertz CT molecular complexity index is 520. The molecule has 3 atom stereocenters. The molecule has 0 saturated heterocycles. The minimum atomic E-state index is -0.102. The smallest absolute Gasteiger partial charge is 0.135 e. The van der Waals surface area contributed by atoms with Gasteiger partial charge in [-0.2, -0.15) is 0 Å². The predicted octanol–water partition coefficient (Wildman–Crippen LogP) is 3.82. The van der Waals surface area contributed by atoms with Gasteiger partial charge in [0.15, 0.2) is 0 Å². The molecule has 0 heterocycles. The lowest BCUT2D eigenvalue weighted by atomic mass is 9.59. The molecule has 0 amide bonds. The van der Waals surface area contributed by atoms with Gasteiger partial charge in [-0.05, 0) is 74.1 Å². The largest absolute Gasteiger partial charge is 0.508 e. The third kappa shape index (κ3) is 2.07. The summed E-state index contributed by atoms with van der Waals surface area (Å²) in [6.45, 7) is 3.88. The summed E-state index contributed by atoms with van der Waals surface area (Å²) >= 11 is 0. The molecular formula is C17H22O2. The molecule has 1 N–H and O–H groups in total. The summed E-state index contributed by atoms with van der Waals surface area (Å²) in [5.74, 6) is 1.96. The normalized spacial score (nSPS) is 33.4. The topological polar surface area (TPSA) is 37.3 Å². The summed E-state index contributed by atoms with van der Waals surface area (Å²) < 4.78 is 0. The van der Waals surface area contributed by atoms with Crippen molar-refractivity contribution in [2.45, 2.75) is 51.9 Å². The molecule has 1 aromatic carbocycles. The van der Waals surface area contributed by atoms with Gasteiger partial charge < -0.3 is 5.11 Å². The second-order valence-electron chi connectivity index (χ2n) is 6.65. The second kappa shape index (κ2) is 4.36. The molecule has 2 heteroatoms. The number of phenols is 1. The van der Waals surface area contributed by atoms with Crippen LogP contribution in [0, 0.1) is 11.3 Å². The maximum absolute atomic E-state index is 11.9. The highest BCUT2D eigenvalue weighted by Gasteiger charge is 2.42. The number of phenolic OH excluding ortho intramolecular Hbond substituents is 1. The fourth-order valence-electron chi connectivity index (χ4n) is 4.08. The van der Waals surface area contributed by atoms with Crippen LogP contribution in [0.1, 0.15) is 56.6 Å². The summed E-state index contributed by atoms with van der Waals surface area (Å²) in [4.78, 5) is 11.9. The van der Waals surface area contributed by atoms with Crippen molar-refractivity contribution < 1.29 is 9.90 Å². The molecule has 0 bridgehead atoms. The summed E-state index contributed by atoms with van der Waals surface area (Å²) in [5, 5.41) is 9.60. The van der Waals surface area contributed by atoms with Gasteiger partial charge in [0, 0.05) is 5.41 Å². The molecule has 19 heavy (non-hydrogen) atoms. The number of ketones is 1. The molecular weight excluding hydrogens is 236 g/mol. The van der Waals surface area contributed by atoms with Crippen LogP contribution < -0.4 is 0 Å². The third-order valence-electron chi connectivity index (χ3n) is 5.45. The van der Waals surface area contributed by atoms with Crippen LogP contribution in [0.3, 0.4) is 0 Å². The lowest BCUT2D eigenvalue weighted by Gasteiger charge is -2.44. The molecule has 2 aliphatic rings. The first-order valence-corrected chi connectivity index (χ1v) is 7.32. The van der Waals surface area contributed by atoms with E-state index in [2.05, 4.69) is 13.0 Å². The fraction of sp³-hybridized carbons (Fsp3) is 0.588. The Morgan fingerprint density at radius 2 is 2.16 bits per heavy atom. The monoisotopic (exact) mass is 258 g/mol. The molecule has 0 aromatic heterocycles. The first-order valence-electron chi connectivity index (χ1n) is 7.32. The molecule has 0 spiro atoms. The molecule has 2 nitrogen and oxygen atoms in total. The number of fused-ring (bicyclic) bond motifs is 3. The van der Waals surface area contributed by atoms with Crippen LogP contribution in [0.4, 0.5) is 0 Å². The Kier molecular flexibility index (Phi) is 2.92. The van der Waals surface area contributed by atoms with E-state index in [1.165, 1.54) is 11.1 Å². The third-order valence-corrected chi connectivity index (χ3v) is 5.45. The maximum atomic E-state index is 11.9. The quantitative estimate of drug-likeness (QED) is 0.831. The summed E-state index contributed by atoms with van der Waals surface area (Å²) in [6, 6.07) is 5.82. The van der Waals surface area contributed by atoms with E-state index in [0.29, 0.717) is 23.4 Å². The van der Waals surface area contributed by atoms with Crippen LogP contribution in [0.25, 0.3) is 0 Å². The first kappa shape index (κ1) is 12.7. The summed E-state index contributed by atoms with van der Waals surface area (Å²) in [5.41, 5.74) is 2.63. The average molecular weight is 258 g/mol. The van der Waals surface area contributed by atoms with E-state index in [-0.39, 0.29) is 5.41 Å². The van der Waals surface area contributed by atoms with E-state index < -0.39 is 0 Å². The van der Waals surface area contributed by atoms with E-state index in [0.717, 1.165) is 32.1 Å². The Morgan fingerprint density at radius 1 is 1.37 bits per heavy atom. The molecule has 2 unspecified atom stereocenters. The molecule has 2 aliphatic carbocycles. The predicted molar refractivity (Wildman–Crippen MR) is 75.3 cm³/mol. The van der Waals surface area contributed by atoms with Gasteiger partial charge in [-0.3, -0.25) is 4.79 Å². The van der Waals surface area contributed by atoms with Crippen molar-refractivity contribution in [1.82, 2.24) is 0 Å². The molecule has 0 aliphatic heterocycles. The van der Waals surface area contributed by atoms with Gasteiger partial charge in [-0.15, -0.1) is 0 Å². The minimum absolute atomic E-state index is 0.102. The number of carbonyl (C=O) groups excluding carboxylic acids is 1. The second-order valence-corrected chi connectivity index (χ2v) is 6.65. The van der Waals surface area contributed by atoms with E-state index in [4.69, 9.17) is 0 Å². The highest BCUT2D eigenvalue weighted by atomic mass is 16.3. The number of benzene rings is 1. The van der Waals surface area contributed by atoms with Crippen molar-refractivity contribution in [2.24, 2.45) is 11.3 Å². The minimum Gasteiger partial charge on any atom is -0.508 e. The van der Waals surface area contributed by atoms with E-state index in [1.54, 1.807) is 13.0 Å². The maximum Gasteiger partial charge on any atom is 0.135 e. The van der Waals surface area contributed by atoms with Crippen LogP contribution in [0.15, 0.2) is 18.2 Å². The highest BCUT2D eigenvalue weighted by Crippen LogP contribution is 2.51. The Hall–Kier alpha value is -1.31. The van der Waals surface area contributed by atoms with Gasteiger partial charge in [0.25, 0.3) is 0 Å². The summed E-state index contributed by atoms with van der Waals surface area (Å²) in [6.07, 6.45) is 5.35. The lowest BCUT2D eigenvalue weighted by molar-refractivity contribution is -0.128. The van der Waals surface area contributed by atoms with Crippen molar-refractivity contribution >= 4 is 5.78 Å². The van der Waals surface area contributed by atoms with Crippen molar-refractivity contribution in [1.29, 1.82) is 0 Å². The van der Waals surface area contributed by atoms with Crippen molar-refractivity contribution in [2.75, 3.05) is 0 Å². The van der Waals surface area contributed by atoms with Crippen molar-refractivity contribution in [3.63, 3.8) is 0 Å². The fourth-order valence-corrected chi connectivity index (χ4v) is 4.08. The highest BCUT2D eigenvalue weighted by molar-refractivity contribution is 5.82. The van der Waals surface area contributed by atoms with Gasteiger partial charge in [0.05, 0.1) is 0 Å². The molecule has 0 radical (unpaired) electrons. The zero-order chi connectivity index (χ0) is 13.6. The van der Waals surface area contributed by atoms with Gasteiger partial charge in [0.2, 0.25) is 0 Å². The first-order chi connectivity index (χ1) is 8.99. The molecule has 3 rings (SSSR count). The number of carbonyl (C=O) groups is 1.